The van der Waals surface area contributed by atoms with Crippen LogP contribution >= 0.6 is 11.8 Å². The van der Waals surface area contributed by atoms with Gasteiger partial charge in [0, 0.05) is 38.8 Å². The van der Waals surface area contributed by atoms with Crippen molar-refractivity contribution in [2.45, 2.75) is 69.9 Å². The van der Waals surface area contributed by atoms with E-state index in [1.165, 1.54) is 76.6 Å². The molecular formula is C18H36N4S. The molecule has 134 valence electrons. The number of rotatable bonds is 7. The van der Waals surface area contributed by atoms with E-state index in [0.717, 1.165) is 18.5 Å². The quantitative estimate of drug-likeness (QED) is 0.424. The fraction of sp³-hybridized carbons (Fsp3) is 0.944. The van der Waals surface area contributed by atoms with Gasteiger partial charge in [-0.05, 0) is 50.5 Å². The molecule has 0 atom stereocenters. The number of piperidine rings is 1. The minimum Gasteiger partial charge on any atom is -0.356 e. The lowest BCUT2D eigenvalue weighted by Gasteiger charge is -2.39. The van der Waals surface area contributed by atoms with Gasteiger partial charge in [-0.25, -0.2) is 0 Å². The van der Waals surface area contributed by atoms with Crippen molar-refractivity contribution in [1.29, 1.82) is 0 Å². The fourth-order valence-corrected chi connectivity index (χ4v) is 4.31. The van der Waals surface area contributed by atoms with Crippen LogP contribution in [0.1, 0.15) is 57.8 Å². The summed E-state index contributed by atoms with van der Waals surface area (Å²) in [6.07, 6.45) is 14.4. The Morgan fingerprint density at radius 3 is 2.48 bits per heavy atom. The molecule has 0 radical (unpaired) electrons. The molecule has 1 saturated carbocycles. The van der Waals surface area contributed by atoms with E-state index in [1.807, 2.05) is 18.8 Å². The molecule has 0 unspecified atom stereocenters. The molecule has 2 aliphatic rings. The molecule has 0 aromatic heterocycles. The second kappa shape index (κ2) is 11.2. The van der Waals surface area contributed by atoms with E-state index in [-0.39, 0.29) is 0 Å². The van der Waals surface area contributed by atoms with Gasteiger partial charge in [0.1, 0.15) is 0 Å². The summed E-state index contributed by atoms with van der Waals surface area (Å²) < 4.78 is 0. The van der Waals surface area contributed by atoms with E-state index >= 15 is 0 Å². The predicted molar refractivity (Wildman–Crippen MR) is 104 cm³/mol. The van der Waals surface area contributed by atoms with Crippen LogP contribution in [-0.4, -0.2) is 61.6 Å². The highest BCUT2D eigenvalue weighted by atomic mass is 32.2. The Kier molecular flexibility index (Phi) is 9.20. The first-order chi connectivity index (χ1) is 11.3. The topological polar surface area (TPSA) is 39.7 Å². The molecule has 0 bridgehead atoms. The van der Waals surface area contributed by atoms with E-state index in [2.05, 4.69) is 26.8 Å². The molecule has 2 N–H and O–H groups in total. The Morgan fingerprint density at radius 1 is 1.09 bits per heavy atom. The predicted octanol–water partition coefficient (Wildman–Crippen LogP) is 3.09. The summed E-state index contributed by atoms with van der Waals surface area (Å²) in [6, 6.07) is 1.46. The van der Waals surface area contributed by atoms with Gasteiger partial charge < -0.3 is 15.5 Å². The number of nitrogens with zero attached hydrogens (tertiary/aromatic N) is 2. The Bertz CT molecular complexity index is 334. The maximum Gasteiger partial charge on any atom is 0.191 e. The first-order valence-corrected chi connectivity index (χ1v) is 10.9. The van der Waals surface area contributed by atoms with Gasteiger partial charge in [-0.15, -0.1) is 0 Å². The van der Waals surface area contributed by atoms with Crippen molar-refractivity contribution in [1.82, 2.24) is 15.5 Å². The average molecular weight is 341 g/mol. The second-order valence-electron chi connectivity index (χ2n) is 6.95. The Morgan fingerprint density at radius 2 is 1.83 bits per heavy atom. The normalized spacial score (nSPS) is 22.3. The van der Waals surface area contributed by atoms with E-state index < -0.39 is 0 Å². The lowest BCUT2D eigenvalue weighted by Crippen LogP contribution is -2.51. The number of hydrogen-bond donors (Lipinski definition) is 2. The van der Waals surface area contributed by atoms with Gasteiger partial charge in [0.2, 0.25) is 0 Å². The zero-order valence-corrected chi connectivity index (χ0v) is 16.0. The van der Waals surface area contributed by atoms with Crippen molar-refractivity contribution < 1.29 is 0 Å². The van der Waals surface area contributed by atoms with Gasteiger partial charge in [-0.3, -0.25) is 4.99 Å². The third kappa shape index (κ3) is 6.92. The Hall–Kier alpha value is -0.420. The first-order valence-electron chi connectivity index (χ1n) is 9.53. The fourth-order valence-electron chi connectivity index (χ4n) is 3.82. The number of nitrogens with one attached hydrogen (secondary N) is 2. The van der Waals surface area contributed by atoms with Crippen LogP contribution in [0.15, 0.2) is 4.99 Å². The zero-order chi connectivity index (χ0) is 16.3. The number of unbranched alkanes of at least 4 members (excludes halogenated alkanes) is 1. The van der Waals surface area contributed by atoms with Crippen LogP contribution in [0.4, 0.5) is 0 Å². The minimum atomic E-state index is 0.590. The largest absolute Gasteiger partial charge is 0.356 e. The van der Waals surface area contributed by atoms with Crippen LogP contribution in [0.2, 0.25) is 0 Å². The van der Waals surface area contributed by atoms with E-state index in [0.29, 0.717) is 6.04 Å². The van der Waals surface area contributed by atoms with Crippen LogP contribution in [0.25, 0.3) is 0 Å². The summed E-state index contributed by atoms with van der Waals surface area (Å²) >= 11 is 1.93. The number of likely N-dealkylation sites (tertiary alicyclic amines) is 1. The average Bonchev–Trinajstić information content (AvgIpc) is 2.62. The summed E-state index contributed by atoms with van der Waals surface area (Å²) in [6.45, 7) is 3.54. The standard InChI is InChI=1S/C18H36N4S/c1-19-18(20-12-6-7-15-23-2)21-16-10-13-22(14-11-16)17-8-4-3-5-9-17/h16-17H,3-15H2,1-2H3,(H2,19,20,21). The highest BCUT2D eigenvalue weighted by molar-refractivity contribution is 7.98. The maximum atomic E-state index is 4.38. The third-order valence-corrected chi connectivity index (χ3v) is 5.95. The summed E-state index contributed by atoms with van der Waals surface area (Å²) in [7, 11) is 1.88. The summed E-state index contributed by atoms with van der Waals surface area (Å²) in [5.41, 5.74) is 0. The lowest BCUT2D eigenvalue weighted by atomic mass is 9.92. The molecule has 1 heterocycles. The maximum absolute atomic E-state index is 4.38. The van der Waals surface area contributed by atoms with Crippen LogP contribution in [0.3, 0.4) is 0 Å². The van der Waals surface area contributed by atoms with E-state index in [9.17, 15) is 0 Å². The molecule has 4 nitrogen and oxygen atoms in total. The van der Waals surface area contributed by atoms with Gasteiger partial charge in [-0.2, -0.15) is 11.8 Å². The zero-order valence-electron chi connectivity index (χ0n) is 15.1. The molecular weight excluding hydrogens is 304 g/mol. The van der Waals surface area contributed by atoms with Crippen molar-refractivity contribution >= 4 is 17.7 Å². The third-order valence-electron chi connectivity index (χ3n) is 5.25. The first kappa shape index (κ1) is 18.9. The van der Waals surface area contributed by atoms with Crippen LogP contribution in [-0.2, 0) is 0 Å². The number of guanidine groups is 1. The molecule has 23 heavy (non-hydrogen) atoms. The minimum absolute atomic E-state index is 0.590. The molecule has 1 aliphatic carbocycles. The molecule has 0 spiro atoms. The van der Waals surface area contributed by atoms with E-state index in [1.54, 1.807) is 0 Å². The summed E-state index contributed by atoms with van der Waals surface area (Å²) in [5.74, 6) is 2.25. The monoisotopic (exact) mass is 340 g/mol. The number of aliphatic imine (C=N–C) groups is 1. The molecule has 2 fully saturated rings. The molecule has 1 saturated heterocycles. The van der Waals surface area contributed by atoms with Gasteiger partial charge in [0.05, 0.1) is 0 Å². The Balaban J connectivity index is 1.62. The van der Waals surface area contributed by atoms with Gasteiger partial charge >= 0.3 is 0 Å². The summed E-state index contributed by atoms with van der Waals surface area (Å²) in [4.78, 5) is 7.13. The van der Waals surface area contributed by atoms with Crippen molar-refractivity contribution in [3.8, 4) is 0 Å². The van der Waals surface area contributed by atoms with Gasteiger partial charge in [0.15, 0.2) is 5.96 Å². The highest BCUT2D eigenvalue weighted by Crippen LogP contribution is 2.25. The van der Waals surface area contributed by atoms with E-state index in [4.69, 9.17) is 0 Å². The van der Waals surface area contributed by atoms with Crippen molar-refractivity contribution in [2.24, 2.45) is 4.99 Å². The van der Waals surface area contributed by atoms with Crippen molar-refractivity contribution in [3.63, 3.8) is 0 Å². The van der Waals surface area contributed by atoms with Crippen molar-refractivity contribution in [3.05, 3.63) is 0 Å². The van der Waals surface area contributed by atoms with Crippen LogP contribution in [0, 0.1) is 0 Å². The highest BCUT2D eigenvalue weighted by Gasteiger charge is 2.26. The SMILES string of the molecule is CN=C(NCCCCSC)NC1CCN(C2CCCCC2)CC1. The molecule has 0 aromatic carbocycles. The van der Waals surface area contributed by atoms with Crippen LogP contribution < -0.4 is 10.6 Å². The van der Waals surface area contributed by atoms with Crippen molar-refractivity contribution in [2.75, 3.05) is 38.7 Å². The molecule has 0 amide bonds. The molecule has 5 heteroatoms. The number of hydrogen-bond acceptors (Lipinski definition) is 3. The molecule has 1 aliphatic heterocycles. The number of thioether (sulfide) groups is 1. The summed E-state index contributed by atoms with van der Waals surface area (Å²) in [5, 5.41) is 7.09. The van der Waals surface area contributed by atoms with Crippen LogP contribution in [0.5, 0.6) is 0 Å². The molecule has 0 aromatic rings. The molecule has 2 rings (SSSR count). The second-order valence-corrected chi connectivity index (χ2v) is 7.93. The smallest absolute Gasteiger partial charge is 0.191 e. The Labute approximate surface area is 147 Å². The van der Waals surface area contributed by atoms with Gasteiger partial charge in [-0.1, -0.05) is 19.3 Å². The van der Waals surface area contributed by atoms with Gasteiger partial charge in [0.25, 0.3) is 0 Å². The lowest BCUT2D eigenvalue weighted by molar-refractivity contribution is 0.119.